The Morgan fingerprint density at radius 1 is 0.571 bits per heavy atom. The molecule has 0 radical (unpaired) electrons. The molecule has 0 aromatic heterocycles. The molecule has 0 bridgehead atoms. The lowest BCUT2D eigenvalue weighted by atomic mass is 9.65. The molecule has 21 heteroatoms. The van der Waals surface area contributed by atoms with Crippen molar-refractivity contribution in [3.05, 3.63) is 197 Å². The molecule has 6 aromatic rings. The molecule has 0 aliphatic carbocycles. The highest BCUT2D eigenvalue weighted by molar-refractivity contribution is 6.34. The van der Waals surface area contributed by atoms with E-state index in [9.17, 15) is 48.3 Å². The van der Waals surface area contributed by atoms with Crippen molar-refractivity contribution in [2.75, 3.05) is 30.1 Å². The van der Waals surface area contributed by atoms with E-state index < -0.39 is 121 Å². The van der Waals surface area contributed by atoms with Gasteiger partial charge in [0.25, 0.3) is 41.4 Å². The fourth-order valence-corrected chi connectivity index (χ4v) is 13.0. The molecule has 3 aliphatic rings. The number of aliphatic hydroxyl groups is 1. The molecule has 15 nitrogen and oxygen atoms in total. The summed E-state index contributed by atoms with van der Waals surface area (Å²) in [4.78, 5) is 129. The molecule has 9 rings (SSSR count). The van der Waals surface area contributed by atoms with Gasteiger partial charge in [-0.1, -0.05) is 71.0 Å². The summed E-state index contributed by atoms with van der Waals surface area (Å²) in [6.07, 6.45) is -9.60. The molecule has 0 saturated heterocycles. The van der Waals surface area contributed by atoms with Gasteiger partial charge in [-0.05, 0) is 172 Å². The Hall–Kier alpha value is -9.11. The number of alkyl halides is 6. The molecule has 3 aliphatic heterocycles. The fraction of sp³-hybridized carbons (Fsp3) is 0.357. The number of benzene rings is 6. The maximum absolute atomic E-state index is 15.6. The number of rotatable bonds is 15. The van der Waals surface area contributed by atoms with E-state index >= 15 is 26.3 Å². The molecule has 476 valence electrons. The van der Waals surface area contributed by atoms with Gasteiger partial charge >= 0.3 is 18.3 Å². The predicted molar refractivity (Wildman–Crippen MR) is 326 cm³/mol. The number of hydrogen-bond acceptors (Lipinski definition) is 11. The molecule has 2 atom stereocenters. The largest absolute Gasteiger partial charge is 0.462 e. The second kappa shape index (κ2) is 23.0. The number of anilines is 2. The minimum atomic E-state index is -5.08. The average molecular weight is 1260 g/mol. The molecule has 0 fully saturated rings. The van der Waals surface area contributed by atoms with Gasteiger partial charge in [-0.15, -0.1) is 0 Å². The minimum Gasteiger partial charge on any atom is -0.462 e. The second-order valence-electron chi connectivity index (χ2n) is 26.5. The Labute approximate surface area is 522 Å². The first kappa shape index (κ1) is 66.3. The van der Waals surface area contributed by atoms with E-state index in [1.165, 1.54) is 30.1 Å². The molecule has 1 N–H and O–H groups in total. The van der Waals surface area contributed by atoms with Crippen LogP contribution in [0.15, 0.2) is 97.1 Å². The zero-order chi connectivity index (χ0) is 67.5. The van der Waals surface area contributed by atoms with Gasteiger partial charge in [0, 0.05) is 42.3 Å². The zero-order valence-corrected chi connectivity index (χ0v) is 52.7. The quantitative estimate of drug-likeness (QED) is 0.0338. The summed E-state index contributed by atoms with van der Waals surface area (Å²) in [7, 11) is 1.37. The van der Waals surface area contributed by atoms with Crippen molar-refractivity contribution in [1.82, 2.24) is 9.80 Å². The number of ether oxygens (including phenoxy) is 1. The summed E-state index contributed by atoms with van der Waals surface area (Å²) >= 11 is 0. The van der Waals surface area contributed by atoms with E-state index in [4.69, 9.17) is 4.74 Å². The summed E-state index contributed by atoms with van der Waals surface area (Å²) in [6.45, 7) is 21.8. The van der Waals surface area contributed by atoms with Crippen molar-refractivity contribution in [2.24, 2.45) is 0 Å². The number of aldehydes is 1. The minimum absolute atomic E-state index is 0.01000. The number of halogens is 6. The van der Waals surface area contributed by atoms with Crippen molar-refractivity contribution in [3.63, 3.8) is 0 Å². The summed E-state index contributed by atoms with van der Waals surface area (Å²) in [5.41, 5.74) is -5.38. The van der Waals surface area contributed by atoms with Gasteiger partial charge in [-0.3, -0.25) is 48.2 Å². The van der Waals surface area contributed by atoms with E-state index in [1.807, 2.05) is 20.8 Å². The van der Waals surface area contributed by atoms with Crippen LogP contribution in [0.5, 0.6) is 0 Å². The van der Waals surface area contributed by atoms with E-state index in [0.29, 0.717) is 34.1 Å². The van der Waals surface area contributed by atoms with Crippen LogP contribution in [0.4, 0.5) is 37.7 Å². The Morgan fingerprint density at radius 2 is 1.02 bits per heavy atom. The van der Waals surface area contributed by atoms with Crippen LogP contribution in [0.1, 0.15) is 231 Å². The number of amides is 7. The molecule has 2 unspecified atom stereocenters. The molecule has 91 heavy (non-hydrogen) atoms. The number of aryl methyl sites for hydroxylation is 2. The maximum atomic E-state index is 15.6. The van der Waals surface area contributed by atoms with Gasteiger partial charge in [-0.25, -0.2) is 9.69 Å². The molecular weight excluding hydrogens is 1190 g/mol. The maximum Gasteiger partial charge on any atom is 0.399 e. The van der Waals surface area contributed by atoms with Gasteiger partial charge in [0.15, 0.2) is 6.29 Å². The van der Waals surface area contributed by atoms with Gasteiger partial charge in [0.2, 0.25) is 0 Å². The zero-order valence-electron chi connectivity index (χ0n) is 52.7. The summed E-state index contributed by atoms with van der Waals surface area (Å²) < 4.78 is 98.2. The number of esters is 1. The third-order valence-corrected chi connectivity index (χ3v) is 17.9. The molecule has 0 spiro atoms. The van der Waals surface area contributed by atoms with E-state index in [0.717, 1.165) is 87.5 Å². The van der Waals surface area contributed by atoms with Gasteiger partial charge in [0.05, 0.1) is 62.3 Å². The van der Waals surface area contributed by atoms with Gasteiger partial charge in [0.1, 0.15) is 11.8 Å². The number of nitrogens with zero attached hydrogens (tertiary/aromatic N) is 4. The number of aliphatic hydroxyl groups excluding tert-OH is 1. The molecule has 6 aromatic carbocycles. The first-order valence-electron chi connectivity index (χ1n) is 29.3. The fourth-order valence-electron chi connectivity index (χ4n) is 13.0. The van der Waals surface area contributed by atoms with Crippen LogP contribution >= 0.6 is 0 Å². The topological polar surface area (TPSA) is 196 Å². The smallest absolute Gasteiger partial charge is 0.399 e. The summed E-state index contributed by atoms with van der Waals surface area (Å²) in [5, 5.41) is 9.20. The molecule has 7 amide bonds. The van der Waals surface area contributed by atoms with Crippen molar-refractivity contribution in [1.29, 1.82) is 0 Å². The van der Waals surface area contributed by atoms with Crippen molar-refractivity contribution in [3.8, 4) is 0 Å². The first-order chi connectivity index (χ1) is 42.1. The van der Waals surface area contributed by atoms with Crippen LogP contribution in [0.3, 0.4) is 0 Å². The van der Waals surface area contributed by atoms with Crippen molar-refractivity contribution < 1.29 is 79.3 Å². The predicted octanol–water partition coefficient (Wildman–Crippen LogP) is 13.5. The monoisotopic (exact) mass is 1250 g/mol. The van der Waals surface area contributed by atoms with Crippen LogP contribution in [-0.2, 0) is 15.6 Å². The molecule has 0 saturated carbocycles. The molecular formula is C70H68F6N4O11. The third-order valence-electron chi connectivity index (χ3n) is 17.9. The number of fused-ring (bicyclic) bond motifs is 3. The van der Waals surface area contributed by atoms with E-state index in [-0.39, 0.29) is 75.5 Å². The van der Waals surface area contributed by atoms with Crippen LogP contribution in [-0.4, -0.2) is 112 Å². The second-order valence-corrected chi connectivity index (χ2v) is 26.5. The van der Waals surface area contributed by atoms with Crippen molar-refractivity contribution in [2.45, 2.75) is 143 Å². The Morgan fingerprint density at radius 3 is 1.51 bits per heavy atom. The standard InChI is InChI=1S/C70H68F6N4O11/c1-35-26-36(2)56(77(14)57(83)49-29-38(16-17-42(49)34-82)54(69(71,72)73)40-19-22-47-51(31-40)62(88)79(60(47)86)66(7,8)9)37(3)53(35)67(10,11)68(12,13)80-61(87)48-23-20-41(32-52(48)63(80)89)55(70(74,75)76)39-18-21-46-50(30-39)59(85)78(58(46)84)45-28-43(64(90)91-25-15-24-81)27-44(33-45)65(4,5)6/h16-23,26-34,54-55,81H,15,24-25H2,1-14H3. The lowest BCUT2D eigenvalue weighted by molar-refractivity contribution is -0.142. The summed E-state index contributed by atoms with van der Waals surface area (Å²) in [5.74, 6) is -11.6. The first-order valence-corrected chi connectivity index (χ1v) is 29.3. The number of hydrogen-bond donors (Lipinski definition) is 1. The van der Waals surface area contributed by atoms with Crippen LogP contribution in [0.25, 0.3) is 0 Å². The van der Waals surface area contributed by atoms with E-state index in [1.54, 1.807) is 75.3 Å². The van der Waals surface area contributed by atoms with Crippen LogP contribution in [0.2, 0.25) is 0 Å². The van der Waals surface area contributed by atoms with Crippen LogP contribution in [0, 0.1) is 20.8 Å². The Balaban J connectivity index is 1.02. The third kappa shape index (κ3) is 11.3. The lowest BCUT2D eigenvalue weighted by Gasteiger charge is -2.48. The highest BCUT2D eigenvalue weighted by Crippen LogP contribution is 2.50. The van der Waals surface area contributed by atoms with Gasteiger partial charge in [-0.2, -0.15) is 26.3 Å². The lowest BCUT2D eigenvalue weighted by Crippen LogP contribution is -2.58. The van der Waals surface area contributed by atoms with Crippen molar-refractivity contribution >= 4 is 65.0 Å². The number of carbonyl (C=O) groups is 9. The van der Waals surface area contributed by atoms with Gasteiger partial charge < -0.3 is 14.7 Å². The SMILES string of the molecule is Cc1cc(C)c(C(C)(C)C(C)(C)N2C(=O)c3ccc(C(c4ccc5c(c4)C(=O)N(c4cc(C(=O)OCCCO)cc(C(C)(C)C)c4)C5=O)C(F)(F)F)cc3C2=O)c(C)c1N(C)C(=O)c1cc(C(c2ccc3c(c2)C(=O)N(C(C)(C)C)C3=O)C(F)(F)F)ccc1C=O. The highest BCUT2D eigenvalue weighted by atomic mass is 19.4. The van der Waals surface area contributed by atoms with E-state index in [2.05, 4.69) is 0 Å². The Kier molecular flexibility index (Phi) is 16.7. The number of carbonyl (C=O) groups excluding carboxylic acids is 9. The highest BCUT2D eigenvalue weighted by Gasteiger charge is 2.54. The Bertz CT molecular complexity index is 4150. The normalized spacial score (nSPS) is 15.3. The number of imide groups is 3. The van der Waals surface area contributed by atoms with Crippen LogP contribution < -0.4 is 9.80 Å². The molecule has 3 heterocycles. The average Bonchev–Trinajstić information content (AvgIpc) is 1.70. The summed E-state index contributed by atoms with van der Waals surface area (Å²) in [6, 6.07) is 18.8.